The smallest absolute Gasteiger partial charge is 0.158 e. The Bertz CT molecular complexity index is 1660. The van der Waals surface area contributed by atoms with Gasteiger partial charge in [0, 0.05) is 24.9 Å². The summed E-state index contributed by atoms with van der Waals surface area (Å²) in [6, 6.07) is 10.7. The van der Waals surface area contributed by atoms with E-state index in [-0.39, 0.29) is 11.7 Å². The molecule has 1 fully saturated rings. The first-order valence-electron chi connectivity index (χ1n) is 11.9. The molecule has 2 aromatic carbocycles. The highest BCUT2D eigenvalue weighted by Crippen LogP contribution is 2.43. The molecule has 5 aromatic rings. The molecule has 0 aliphatic carbocycles. The summed E-state index contributed by atoms with van der Waals surface area (Å²) in [5, 5.41) is 7.95. The van der Waals surface area contributed by atoms with Gasteiger partial charge >= 0.3 is 0 Å². The Morgan fingerprint density at radius 3 is 2.97 bits per heavy atom. The lowest BCUT2D eigenvalue weighted by atomic mass is 10.1. The summed E-state index contributed by atoms with van der Waals surface area (Å²) >= 11 is 0. The summed E-state index contributed by atoms with van der Waals surface area (Å²) in [5.74, 6) is 1.63. The van der Waals surface area contributed by atoms with Crippen LogP contribution in [0.2, 0.25) is 0 Å². The highest BCUT2D eigenvalue weighted by atomic mass is 19.1. The molecular formula is C26H22FN7O3. The van der Waals surface area contributed by atoms with Crippen molar-refractivity contribution in [3.63, 3.8) is 0 Å². The molecule has 186 valence electrons. The molecule has 10 nitrogen and oxygen atoms in total. The van der Waals surface area contributed by atoms with E-state index in [0.29, 0.717) is 59.4 Å². The summed E-state index contributed by atoms with van der Waals surface area (Å²) in [6.45, 7) is 4.43. The third-order valence-corrected chi connectivity index (χ3v) is 6.69. The molecule has 1 saturated heterocycles. The summed E-state index contributed by atoms with van der Waals surface area (Å²) in [7, 11) is 0. The average Bonchev–Trinajstić information content (AvgIpc) is 3.39. The van der Waals surface area contributed by atoms with E-state index in [0.717, 1.165) is 17.8 Å². The fraction of sp³-hybridized carbons (Fsp3) is 0.231. The van der Waals surface area contributed by atoms with E-state index >= 15 is 4.39 Å². The molecular weight excluding hydrogens is 477 g/mol. The standard InChI is InChI=1S/C26H22FN7O3/c1-15-8-20(18(27)10-22(15)37-17-4-5-34-23(9-17)29-14-31-34)32-26-24-19(28-13-30-26)2-3-21-25(24)36-12-16-11-35-7-6-33(16)21/h2-5,8-10,13-14,16H,6-7,11-12H2,1H3,(H,28,30,32)/t16-/m1/s1. The minimum atomic E-state index is -0.477. The molecule has 2 aliphatic heterocycles. The number of nitrogens with zero attached hydrogens (tertiary/aromatic N) is 6. The Morgan fingerprint density at radius 2 is 2.03 bits per heavy atom. The van der Waals surface area contributed by atoms with Gasteiger partial charge < -0.3 is 24.4 Å². The van der Waals surface area contributed by atoms with E-state index in [4.69, 9.17) is 14.2 Å². The Labute approximate surface area is 210 Å². The first kappa shape index (κ1) is 21.7. The Morgan fingerprint density at radius 1 is 1.08 bits per heavy atom. The maximum Gasteiger partial charge on any atom is 0.158 e. The minimum absolute atomic E-state index is 0.165. The number of morpholine rings is 1. The van der Waals surface area contributed by atoms with Gasteiger partial charge in [0.25, 0.3) is 0 Å². The first-order valence-corrected chi connectivity index (χ1v) is 11.9. The number of aryl methyl sites for hydroxylation is 1. The van der Waals surface area contributed by atoms with Crippen LogP contribution < -0.4 is 19.7 Å². The van der Waals surface area contributed by atoms with E-state index in [1.54, 1.807) is 28.9 Å². The van der Waals surface area contributed by atoms with E-state index < -0.39 is 5.82 Å². The molecule has 3 aromatic heterocycles. The minimum Gasteiger partial charge on any atom is -0.488 e. The number of hydrogen-bond acceptors (Lipinski definition) is 9. The van der Waals surface area contributed by atoms with E-state index in [1.165, 1.54) is 18.7 Å². The van der Waals surface area contributed by atoms with Gasteiger partial charge in [0.2, 0.25) is 0 Å². The van der Waals surface area contributed by atoms with Crippen LogP contribution in [-0.2, 0) is 4.74 Å². The molecule has 1 atom stereocenters. The number of anilines is 3. The van der Waals surface area contributed by atoms with Crippen LogP contribution in [0, 0.1) is 12.7 Å². The quantitative estimate of drug-likeness (QED) is 0.389. The van der Waals surface area contributed by atoms with Crippen molar-refractivity contribution in [1.29, 1.82) is 0 Å². The van der Waals surface area contributed by atoms with E-state index in [2.05, 4.69) is 30.3 Å². The molecule has 1 N–H and O–H groups in total. The van der Waals surface area contributed by atoms with E-state index in [9.17, 15) is 0 Å². The Balaban J connectivity index is 1.23. The van der Waals surface area contributed by atoms with Crippen molar-refractivity contribution in [2.75, 3.05) is 36.6 Å². The fourth-order valence-corrected chi connectivity index (χ4v) is 4.85. The van der Waals surface area contributed by atoms with Crippen LogP contribution in [0.4, 0.5) is 21.6 Å². The van der Waals surface area contributed by atoms with Crippen LogP contribution in [0.3, 0.4) is 0 Å². The summed E-state index contributed by atoms with van der Waals surface area (Å²) in [5.41, 5.74) is 3.34. The predicted molar refractivity (Wildman–Crippen MR) is 134 cm³/mol. The van der Waals surface area contributed by atoms with Gasteiger partial charge in [-0.1, -0.05) is 0 Å². The third kappa shape index (κ3) is 3.75. The second-order valence-corrected chi connectivity index (χ2v) is 9.01. The van der Waals surface area contributed by atoms with Gasteiger partial charge in [-0.2, -0.15) is 5.10 Å². The van der Waals surface area contributed by atoms with Gasteiger partial charge in [-0.15, -0.1) is 0 Å². The van der Waals surface area contributed by atoms with Crippen molar-refractivity contribution in [2.24, 2.45) is 0 Å². The lowest BCUT2D eigenvalue weighted by molar-refractivity contribution is 0.0709. The van der Waals surface area contributed by atoms with Crippen LogP contribution in [0.1, 0.15) is 5.56 Å². The van der Waals surface area contributed by atoms with Crippen molar-refractivity contribution >= 4 is 33.7 Å². The van der Waals surface area contributed by atoms with Gasteiger partial charge in [-0.05, 0) is 36.8 Å². The molecule has 0 bridgehead atoms. The lowest BCUT2D eigenvalue weighted by Crippen LogP contribution is -2.51. The Kier molecular flexibility index (Phi) is 5.03. The highest BCUT2D eigenvalue weighted by Gasteiger charge is 2.32. The number of fused-ring (bicyclic) bond motifs is 6. The average molecular weight is 500 g/mol. The molecule has 7 rings (SSSR count). The zero-order valence-electron chi connectivity index (χ0n) is 19.9. The largest absolute Gasteiger partial charge is 0.488 e. The molecule has 0 saturated carbocycles. The molecule has 37 heavy (non-hydrogen) atoms. The second kappa shape index (κ2) is 8.56. The molecule has 11 heteroatoms. The van der Waals surface area contributed by atoms with Crippen molar-refractivity contribution < 1.29 is 18.6 Å². The number of hydrogen-bond donors (Lipinski definition) is 1. The van der Waals surface area contributed by atoms with Crippen molar-refractivity contribution in [3.8, 4) is 17.2 Å². The predicted octanol–water partition coefficient (Wildman–Crippen LogP) is 4.25. The molecule has 0 unspecified atom stereocenters. The van der Waals surface area contributed by atoms with Crippen molar-refractivity contribution in [3.05, 3.63) is 66.6 Å². The van der Waals surface area contributed by atoms with Crippen LogP contribution in [-0.4, -0.2) is 57.0 Å². The number of pyridine rings is 1. The van der Waals surface area contributed by atoms with Gasteiger partial charge in [0.05, 0.1) is 41.5 Å². The molecule has 0 radical (unpaired) electrons. The topological polar surface area (TPSA) is 98.9 Å². The van der Waals surface area contributed by atoms with Crippen LogP contribution in [0.5, 0.6) is 17.2 Å². The maximum atomic E-state index is 15.3. The lowest BCUT2D eigenvalue weighted by Gasteiger charge is -2.41. The number of rotatable bonds is 4. The Hall–Kier alpha value is -4.51. The normalized spacial score (nSPS) is 16.8. The number of halogens is 1. The number of benzene rings is 2. The molecule has 5 heterocycles. The fourth-order valence-electron chi connectivity index (χ4n) is 4.85. The molecule has 2 aliphatic rings. The molecule has 0 amide bonds. The summed E-state index contributed by atoms with van der Waals surface area (Å²) in [4.78, 5) is 15.3. The number of ether oxygens (including phenoxy) is 3. The van der Waals surface area contributed by atoms with Gasteiger partial charge in [0.1, 0.15) is 42.4 Å². The van der Waals surface area contributed by atoms with Crippen LogP contribution >= 0.6 is 0 Å². The van der Waals surface area contributed by atoms with Crippen LogP contribution in [0.15, 0.2) is 55.2 Å². The molecule has 0 spiro atoms. The van der Waals surface area contributed by atoms with Crippen molar-refractivity contribution in [2.45, 2.75) is 13.0 Å². The number of nitrogens with one attached hydrogen (secondary N) is 1. The SMILES string of the molecule is Cc1cc(Nc2ncnc3ccc4c(c23)OC[C@H]2COCCN42)c(F)cc1Oc1ccn2ncnc2c1. The zero-order valence-corrected chi connectivity index (χ0v) is 19.9. The number of aromatic nitrogens is 5. The first-order chi connectivity index (χ1) is 18.1. The van der Waals surface area contributed by atoms with Crippen molar-refractivity contribution in [1.82, 2.24) is 24.6 Å². The summed E-state index contributed by atoms with van der Waals surface area (Å²) in [6.07, 6.45) is 4.66. The second-order valence-electron chi connectivity index (χ2n) is 9.01. The van der Waals surface area contributed by atoms with Gasteiger partial charge in [-0.3, -0.25) is 0 Å². The van der Waals surface area contributed by atoms with Gasteiger partial charge in [-0.25, -0.2) is 23.9 Å². The monoisotopic (exact) mass is 499 g/mol. The van der Waals surface area contributed by atoms with E-state index in [1.807, 2.05) is 19.1 Å². The third-order valence-electron chi connectivity index (χ3n) is 6.69. The summed E-state index contributed by atoms with van der Waals surface area (Å²) < 4.78 is 34.7. The maximum absolute atomic E-state index is 15.3. The van der Waals surface area contributed by atoms with Crippen LogP contribution in [0.25, 0.3) is 16.6 Å². The zero-order chi connectivity index (χ0) is 24.9. The highest BCUT2D eigenvalue weighted by molar-refractivity contribution is 6.00. The van der Waals surface area contributed by atoms with Gasteiger partial charge in [0.15, 0.2) is 11.4 Å².